The van der Waals surface area contributed by atoms with Crippen LogP contribution in [0.15, 0.2) is 42.5 Å². The van der Waals surface area contributed by atoms with Crippen LogP contribution in [-0.4, -0.2) is 40.3 Å². The molecular formula is C20H24N2O5S. The number of anilines is 1. The standard InChI is InChI=1S/C20H24N2O5S/c1-13-5-10-18-17(11-13)22(28(4,24)25)12-19(27-18)20(23)21-14(2)15-6-8-16(26-3)9-7-15/h5-11,14,19H,12H2,1-4H3,(H,21,23)/t14-,19-/m0/s1. The van der Waals surface area contributed by atoms with Gasteiger partial charge in [0.15, 0.2) is 6.10 Å². The predicted octanol–water partition coefficient (Wildman–Crippen LogP) is 2.41. The molecule has 1 heterocycles. The highest BCUT2D eigenvalue weighted by Crippen LogP contribution is 2.35. The maximum absolute atomic E-state index is 12.8. The van der Waals surface area contributed by atoms with Crippen molar-refractivity contribution in [3.05, 3.63) is 53.6 Å². The van der Waals surface area contributed by atoms with Gasteiger partial charge >= 0.3 is 0 Å². The minimum absolute atomic E-state index is 0.0730. The minimum Gasteiger partial charge on any atom is -0.497 e. The smallest absolute Gasteiger partial charge is 0.263 e. The fourth-order valence-corrected chi connectivity index (χ4v) is 4.00. The lowest BCUT2D eigenvalue weighted by atomic mass is 10.1. The molecule has 0 aliphatic carbocycles. The molecule has 0 saturated heterocycles. The Morgan fingerprint density at radius 3 is 2.54 bits per heavy atom. The molecule has 1 aliphatic heterocycles. The number of hydrogen-bond donors (Lipinski definition) is 1. The first-order valence-corrected chi connectivity index (χ1v) is 10.7. The molecule has 2 atom stereocenters. The van der Waals surface area contributed by atoms with Crippen LogP contribution in [0.2, 0.25) is 0 Å². The Morgan fingerprint density at radius 1 is 1.25 bits per heavy atom. The molecule has 150 valence electrons. The van der Waals surface area contributed by atoms with Crippen LogP contribution in [0, 0.1) is 6.92 Å². The summed E-state index contributed by atoms with van der Waals surface area (Å²) in [4.78, 5) is 12.8. The van der Waals surface area contributed by atoms with Crippen molar-refractivity contribution >= 4 is 21.6 Å². The molecule has 3 rings (SSSR count). The summed E-state index contributed by atoms with van der Waals surface area (Å²) in [6, 6.07) is 12.4. The van der Waals surface area contributed by atoms with E-state index < -0.39 is 16.1 Å². The van der Waals surface area contributed by atoms with E-state index >= 15 is 0 Å². The highest BCUT2D eigenvalue weighted by atomic mass is 32.2. The van der Waals surface area contributed by atoms with E-state index in [9.17, 15) is 13.2 Å². The van der Waals surface area contributed by atoms with Crippen molar-refractivity contribution in [3.8, 4) is 11.5 Å². The Kier molecular flexibility index (Phi) is 5.51. The van der Waals surface area contributed by atoms with Gasteiger partial charge in [-0.2, -0.15) is 0 Å². The first-order valence-electron chi connectivity index (χ1n) is 8.88. The maximum Gasteiger partial charge on any atom is 0.263 e. The number of nitrogens with zero attached hydrogens (tertiary/aromatic N) is 1. The number of ether oxygens (including phenoxy) is 2. The largest absolute Gasteiger partial charge is 0.497 e. The first kappa shape index (κ1) is 20.0. The summed E-state index contributed by atoms with van der Waals surface area (Å²) in [7, 11) is -1.96. The normalized spacial score (nSPS) is 17.3. The van der Waals surface area contributed by atoms with Gasteiger partial charge in [0.1, 0.15) is 11.5 Å². The fraction of sp³-hybridized carbons (Fsp3) is 0.350. The van der Waals surface area contributed by atoms with Gasteiger partial charge in [-0.1, -0.05) is 18.2 Å². The van der Waals surface area contributed by atoms with Crippen LogP contribution in [0.3, 0.4) is 0 Å². The maximum atomic E-state index is 12.8. The number of amides is 1. The molecule has 1 amide bonds. The Morgan fingerprint density at radius 2 is 1.93 bits per heavy atom. The van der Waals surface area contributed by atoms with E-state index in [4.69, 9.17) is 9.47 Å². The molecule has 2 aromatic rings. The number of sulfonamides is 1. The van der Waals surface area contributed by atoms with Gasteiger partial charge in [0.2, 0.25) is 10.0 Å². The van der Waals surface area contributed by atoms with Gasteiger partial charge in [0, 0.05) is 0 Å². The topological polar surface area (TPSA) is 84.9 Å². The molecule has 1 N–H and O–H groups in total. The molecule has 2 aromatic carbocycles. The molecule has 0 spiro atoms. The molecule has 0 aromatic heterocycles. The zero-order valence-corrected chi connectivity index (χ0v) is 17.1. The van der Waals surface area contributed by atoms with Crippen molar-refractivity contribution < 1.29 is 22.7 Å². The van der Waals surface area contributed by atoms with E-state index in [-0.39, 0.29) is 18.5 Å². The first-order chi connectivity index (χ1) is 13.2. The molecule has 0 fully saturated rings. The number of benzene rings is 2. The van der Waals surface area contributed by atoms with Crippen molar-refractivity contribution in [2.45, 2.75) is 26.0 Å². The zero-order valence-electron chi connectivity index (χ0n) is 16.3. The number of carbonyl (C=O) groups is 1. The monoisotopic (exact) mass is 404 g/mol. The summed E-state index contributed by atoms with van der Waals surface area (Å²) >= 11 is 0. The number of carbonyl (C=O) groups excluding carboxylic acids is 1. The molecule has 1 aliphatic rings. The number of nitrogens with one attached hydrogen (secondary N) is 1. The van der Waals surface area contributed by atoms with Gasteiger partial charge in [0.25, 0.3) is 5.91 Å². The molecule has 7 nitrogen and oxygen atoms in total. The zero-order chi connectivity index (χ0) is 20.5. The summed E-state index contributed by atoms with van der Waals surface area (Å²) in [6.45, 7) is 3.65. The molecule has 0 radical (unpaired) electrons. The van der Waals surface area contributed by atoms with E-state index in [1.54, 1.807) is 19.2 Å². The third kappa shape index (κ3) is 4.22. The molecule has 8 heteroatoms. The number of aryl methyl sites for hydroxylation is 1. The van der Waals surface area contributed by atoms with Crippen LogP contribution in [0.5, 0.6) is 11.5 Å². The lowest BCUT2D eigenvalue weighted by molar-refractivity contribution is -0.128. The van der Waals surface area contributed by atoms with E-state index in [1.165, 1.54) is 4.31 Å². The number of rotatable bonds is 5. The van der Waals surface area contributed by atoms with Crippen molar-refractivity contribution in [1.82, 2.24) is 5.32 Å². The Bertz CT molecular complexity index is 973. The van der Waals surface area contributed by atoms with Gasteiger partial charge < -0.3 is 14.8 Å². The van der Waals surface area contributed by atoms with Crippen LogP contribution in [0.25, 0.3) is 0 Å². The number of methoxy groups -OCH3 is 1. The molecular weight excluding hydrogens is 380 g/mol. The van der Waals surface area contributed by atoms with Gasteiger partial charge in [0.05, 0.1) is 31.6 Å². The van der Waals surface area contributed by atoms with Crippen molar-refractivity contribution in [2.75, 3.05) is 24.2 Å². The summed E-state index contributed by atoms with van der Waals surface area (Å²) in [5.74, 6) is 0.733. The van der Waals surface area contributed by atoms with Gasteiger partial charge in [-0.3, -0.25) is 9.10 Å². The second kappa shape index (κ2) is 7.71. The number of fused-ring (bicyclic) bond motifs is 1. The molecule has 0 saturated carbocycles. The summed E-state index contributed by atoms with van der Waals surface area (Å²) < 4.78 is 36.7. The van der Waals surface area contributed by atoms with Crippen molar-refractivity contribution in [1.29, 1.82) is 0 Å². The van der Waals surface area contributed by atoms with Crippen LogP contribution < -0.4 is 19.1 Å². The second-order valence-electron chi connectivity index (χ2n) is 6.88. The Hall–Kier alpha value is -2.74. The highest BCUT2D eigenvalue weighted by Gasteiger charge is 2.35. The average molecular weight is 404 g/mol. The number of hydrogen-bond acceptors (Lipinski definition) is 5. The predicted molar refractivity (Wildman–Crippen MR) is 107 cm³/mol. The lowest BCUT2D eigenvalue weighted by Gasteiger charge is -2.34. The van der Waals surface area contributed by atoms with Gasteiger partial charge in [-0.25, -0.2) is 8.42 Å². The van der Waals surface area contributed by atoms with Gasteiger partial charge in [-0.05, 0) is 49.2 Å². The van der Waals surface area contributed by atoms with Crippen molar-refractivity contribution in [2.24, 2.45) is 0 Å². The third-order valence-electron chi connectivity index (χ3n) is 4.65. The lowest BCUT2D eigenvalue weighted by Crippen LogP contribution is -2.50. The second-order valence-corrected chi connectivity index (χ2v) is 8.78. The van der Waals surface area contributed by atoms with Crippen LogP contribution in [0.4, 0.5) is 5.69 Å². The van der Waals surface area contributed by atoms with Gasteiger partial charge in [-0.15, -0.1) is 0 Å². The summed E-state index contributed by atoms with van der Waals surface area (Å²) in [5, 5.41) is 2.89. The third-order valence-corrected chi connectivity index (χ3v) is 5.80. The Balaban J connectivity index is 1.79. The average Bonchev–Trinajstić information content (AvgIpc) is 2.66. The quantitative estimate of drug-likeness (QED) is 0.827. The molecule has 0 bridgehead atoms. The SMILES string of the molecule is COc1ccc([C@H](C)NC(=O)[C@@H]2CN(S(C)(=O)=O)c3cc(C)ccc3O2)cc1. The Labute approximate surface area is 165 Å². The van der Waals surface area contributed by atoms with E-state index in [0.717, 1.165) is 23.1 Å². The molecule has 28 heavy (non-hydrogen) atoms. The van der Waals surface area contributed by atoms with E-state index in [1.807, 2.05) is 44.2 Å². The van der Waals surface area contributed by atoms with Crippen LogP contribution in [-0.2, 0) is 14.8 Å². The minimum atomic E-state index is -3.55. The highest BCUT2D eigenvalue weighted by molar-refractivity contribution is 7.92. The van der Waals surface area contributed by atoms with Crippen molar-refractivity contribution in [3.63, 3.8) is 0 Å². The van der Waals surface area contributed by atoms with Crippen LogP contribution in [0.1, 0.15) is 24.1 Å². The van der Waals surface area contributed by atoms with E-state index in [0.29, 0.717) is 11.4 Å². The molecule has 0 unspecified atom stereocenters. The summed E-state index contributed by atoms with van der Waals surface area (Å²) in [5.41, 5.74) is 2.27. The van der Waals surface area contributed by atoms with Crippen LogP contribution >= 0.6 is 0 Å². The fourth-order valence-electron chi connectivity index (χ4n) is 3.09. The van der Waals surface area contributed by atoms with E-state index in [2.05, 4.69) is 5.32 Å². The summed E-state index contributed by atoms with van der Waals surface area (Å²) in [6.07, 6.45) is 0.185.